The molecule has 0 bridgehead atoms. The summed E-state index contributed by atoms with van der Waals surface area (Å²) in [5.41, 5.74) is 2.53. The lowest BCUT2D eigenvalue weighted by molar-refractivity contribution is 0.122. The number of nitrogens with zero attached hydrogens (tertiary/aromatic N) is 2. The minimum absolute atomic E-state index is 0.0475. The van der Waals surface area contributed by atoms with Crippen LogP contribution in [-0.4, -0.2) is 44.7 Å². The molecule has 5 nitrogen and oxygen atoms in total. The Labute approximate surface area is 163 Å². The summed E-state index contributed by atoms with van der Waals surface area (Å²) in [5.74, 6) is 0.436. The van der Waals surface area contributed by atoms with Gasteiger partial charge >= 0.3 is 0 Å². The van der Waals surface area contributed by atoms with Gasteiger partial charge in [0.1, 0.15) is 0 Å². The van der Waals surface area contributed by atoms with E-state index in [1.165, 1.54) is 7.11 Å². The minimum Gasteiger partial charge on any atom is -0.504 e. The number of aromatic hydroxyl groups is 1. The summed E-state index contributed by atoms with van der Waals surface area (Å²) in [7, 11) is 1.51. The van der Waals surface area contributed by atoms with E-state index in [1.54, 1.807) is 12.3 Å². The van der Waals surface area contributed by atoms with E-state index >= 15 is 0 Å². The summed E-state index contributed by atoms with van der Waals surface area (Å²) in [5, 5.41) is 10.3. The van der Waals surface area contributed by atoms with Gasteiger partial charge in [-0.3, -0.25) is 4.99 Å². The molecule has 132 valence electrons. The van der Waals surface area contributed by atoms with Gasteiger partial charge in [0.2, 0.25) is 0 Å². The van der Waals surface area contributed by atoms with Crippen molar-refractivity contribution in [1.29, 1.82) is 0 Å². The van der Waals surface area contributed by atoms with Gasteiger partial charge in [-0.15, -0.1) is 0 Å². The van der Waals surface area contributed by atoms with Crippen LogP contribution in [0.5, 0.6) is 11.5 Å². The molecule has 25 heavy (non-hydrogen) atoms. The molecular weight excluding hydrogens is 452 g/mol. The smallest absolute Gasteiger partial charge is 0.167 e. The number of ether oxygens (including phenoxy) is 2. The van der Waals surface area contributed by atoms with Crippen LogP contribution in [0.2, 0.25) is 0 Å². The van der Waals surface area contributed by atoms with E-state index in [1.807, 2.05) is 24.3 Å². The van der Waals surface area contributed by atoms with Gasteiger partial charge in [-0.05, 0) is 62.2 Å². The summed E-state index contributed by atoms with van der Waals surface area (Å²) < 4.78 is 12.1. The lowest BCUT2D eigenvalue weighted by Crippen LogP contribution is -2.36. The third-order valence-corrected chi connectivity index (χ3v) is 5.99. The van der Waals surface area contributed by atoms with E-state index in [0.29, 0.717) is 11.3 Å². The number of hydrogen-bond donors (Lipinski definition) is 1. The average Bonchev–Trinajstić information content (AvgIpc) is 2.66. The topological polar surface area (TPSA) is 54.3 Å². The van der Waals surface area contributed by atoms with Crippen LogP contribution in [0.15, 0.2) is 44.3 Å². The molecule has 1 aliphatic heterocycles. The Morgan fingerprint density at radius 1 is 1.20 bits per heavy atom. The third-order valence-electron chi connectivity index (χ3n) is 3.98. The molecule has 0 spiro atoms. The van der Waals surface area contributed by atoms with Crippen LogP contribution in [0.25, 0.3) is 0 Å². The summed E-state index contributed by atoms with van der Waals surface area (Å²) >= 11 is 6.90. The first kappa shape index (κ1) is 18.2. The van der Waals surface area contributed by atoms with Crippen LogP contribution < -0.4 is 9.64 Å². The maximum absolute atomic E-state index is 10.3. The first-order valence-corrected chi connectivity index (χ1v) is 9.40. The molecule has 0 aliphatic carbocycles. The van der Waals surface area contributed by atoms with Crippen LogP contribution in [0.3, 0.4) is 0 Å². The molecule has 0 amide bonds. The number of halogens is 2. The molecule has 2 aromatic rings. The van der Waals surface area contributed by atoms with E-state index in [0.717, 1.165) is 46.6 Å². The van der Waals surface area contributed by atoms with Crippen LogP contribution in [-0.2, 0) is 4.74 Å². The molecule has 2 aromatic carbocycles. The van der Waals surface area contributed by atoms with Crippen molar-refractivity contribution in [3.8, 4) is 11.5 Å². The van der Waals surface area contributed by atoms with Crippen molar-refractivity contribution >= 4 is 49.4 Å². The number of hydrogen-bond acceptors (Lipinski definition) is 5. The number of morpholine rings is 1. The quantitative estimate of drug-likeness (QED) is 0.669. The molecule has 1 N–H and O–H groups in total. The van der Waals surface area contributed by atoms with Crippen LogP contribution >= 0.6 is 31.9 Å². The molecule has 0 radical (unpaired) electrons. The highest BCUT2D eigenvalue weighted by Gasteiger charge is 2.14. The van der Waals surface area contributed by atoms with Gasteiger partial charge in [-0.1, -0.05) is 0 Å². The number of rotatable bonds is 4. The lowest BCUT2D eigenvalue weighted by Gasteiger charge is -2.28. The second kappa shape index (κ2) is 8.21. The number of aliphatic imine (C=N–C) groups is 1. The van der Waals surface area contributed by atoms with Crippen molar-refractivity contribution in [2.75, 3.05) is 38.3 Å². The van der Waals surface area contributed by atoms with E-state index in [2.05, 4.69) is 41.8 Å². The van der Waals surface area contributed by atoms with Crippen LogP contribution in [0, 0.1) is 0 Å². The first-order valence-electron chi connectivity index (χ1n) is 7.82. The lowest BCUT2D eigenvalue weighted by atomic mass is 10.2. The number of phenolic OH excluding ortho intramolecular Hbond substituents is 1. The third kappa shape index (κ3) is 4.16. The summed E-state index contributed by atoms with van der Waals surface area (Å²) in [6, 6.07) is 9.72. The fraction of sp³-hybridized carbons (Fsp3) is 0.278. The van der Waals surface area contributed by atoms with Crippen molar-refractivity contribution in [1.82, 2.24) is 0 Å². The maximum Gasteiger partial charge on any atom is 0.167 e. The minimum atomic E-state index is 0.0475. The zero-order valence-corrected chi connectivity index (χ0v) is 16.9. The van der Waals surface area contributed by atoms with Crippen molar-refractivity contribution in [2.24, 2.45) is 4.99 Å². The molecule has 7 heteroatoms. The summed E-state index contributed by atoms with van der Waals surface area (Å²) in [6.07, 6.45) is 1.62. The number of phenols is 1. The molecule has 0 atom stereocenters. The molecule has 0 saturated carbocycles. The van der Waals surface area contributed by atoms with Crippen molar-refractivity contribution in [3.05, 3.63) is 44.8 Å². The van der Waals surface area contributed by atoms with Crippen LogP contribution in [0.1, 0.15) is 5.56 Å². The maximum atomic E-state index is 10.3. The highest BCUT2D eigenvalue weighted by molar-refractivity contribution is 9.13. The fourth-order valence-corrected chi connectivity index (χ4v) is 3.42. The summed E-state index contributed by atoms with van der Waals surface area (Å²) in [4.78, 5) is 6.76. The van der Waals surface area contributed by atoms with Gasteiger partial charge in [-0.2, -0.15) is 0 Å². The normalized spacial score (nSPS) is 14.9. The Balaban J connectivity index is 1.81. The zero-order valence-electron chi connectivity index (χ0n) is 13.7. The van der Waals surface area contributed by atoms with E-state index in [9.17, 15) is 5.11 Å². The van der Waals surface area contributed by atoms with Crippen molar-refractivity contribution in [2.45, 2.75) is 0 Å². The highest BCUT2D eigenvalue weighted by atomic mass is 79.9. The Kier molecular flexibility index (Phi) is 5.98. The van der Waals surface area contributed by atoms with Gasteiger partial charge in [0.15, 0.2) is 11.5 Å². The Hall–Kier alpha value is -1.57. The average molecular weight is 470 g/mol. The SMILES string of the molecule is COc1cc(Br)c(Br)c(C=Nc2ccc(N3CCOCC3)cc2)c1O. The molecule has 1 saturated heterocycles. The Morgan fingerprint density at radius 2 is 1.88 bits per heavy atom. The molecule has 1 heterocycles. The Bertz CT molecular complexity index is 773. The molecule has 0 aromatic heterocycles. The predicted octanol–water partition coefficient (Wildman–Crippen LogP) is 4.51. The highest BCUT2D eigenvalue weighted by Crippen LogP contribution is 2.39. The van der Waals surface area contributed by atoms with Gasteiger partial charge in [0.05, 0.1) is 31.6 Å². The molecule has 3 rings (SSSR count). The standard InChI is InChI=1S/C18H18Br2N2O3/c1-24-16-10-15(19)17(20)14(18(16)23)11-21-12-2-4-13(5-3-12)22-6-8-25-9-7-22/h2-5,10-11,23H,6-9H2,1H3. The van der Waals surface area contributed by atoms with Gasteiger partial charge in [0.25, 0.3) is 0 Å². The number of anilines is 1. The largest absolute Gasteiger partial charge is 0.504 e. The second-order valence-electron chi connectivity index (χ2n) is 5.51. The van der Waals surface area contributed by atoms with Gasteiger partial charge in [-0.25, -0.2) is 0 Å². The van der Waals surface area contributed by atoms with E-state index in [4.69, 9.17) is 9.47 Å². The van der Waals surface area contributed by atoms with Crippen molar-refractivity contribution < 1.29 is 14.6 Å². The van der Waals surface area contributed by atoms with E-state index in [-0.39, 0.29) is 5.75 Å². The first-order chi connectivity index (χ1) is 12.1. The molecular formula is C18H18Br2N2O3. The van der Waals surface area contributed by atoms with Gasteiger partial charge in [0, 0.05) is 33.9 Å². The second-order valence-corrected chi connectivity index (χ2v) is 7.16. The van der Waals surface area contributed by atoms with Crippen LogP contribution in [0.4, 0.5) is 11.4 Å². The van der Waals surface area contributed by atoms with Gasteiger partial charge < -0.3 is 19.5 Å². The monoisotopic (exact) mass is 468 g/mol. The summed E-state index contributed by atoms with van der Waals surface area (Å²) in [6.45, 7) is 3.33. The zero-order chi connectivity index (χ0) is 17.8. The van der Waals surface area contributed by atoms with Crippen molar-refractivity contribution in [3.63, 3.8) is 0 Å². The fourth-order valence-electron chi connectivity index (χ4n) is 2.60. The Morgan fingerprint density at radius 3 is 2.52 bits per heavy atom. The molecule has 0 unspecified atom stereocenters. The number of benzene rings is 2. The molecule has 1 aliphatic rings. The van der Waals surface area contributed by atoms with E-state index < -0.39 is 0 Å². The molecule has 1 fully saturated rings. The number of methoxy groups -OCH3 is 1. The predicted molar refractivity (Wildman–Crippen MR) is 107 cm³/mol.